The molecule has 8 heteroatoms. The highest BCUT2D eigenvalue weighted by Gasteiger charge is 2.20. The Kier molecular flexibility index (Phi) is 6.05. The molecule has 0 unspecified atom stereocenters. The summed E-state index contributed by atoms with van der Waals surface area (Å²) in [6, 6.07) is 17.0. The quantitative estimate of drug-likeness (QED) is 0.433. The van der Waals surface area contributed by atoms with E-state index in [-0.39, 0.29) is 18.4 Å². The van der Waals surface area contributed by atoms with Crippen molar-refractivity contribution in [2.45, 2.75) is 13.8 Å². The number of nitrogens with zero attached hydrogens (tertiary/aromatic N) is 3. The van der Waals surface area contributed by atoms with Crippen molar-refractivity contribution in [1.29, 1.82) is 0 Å². The highest BCUT2D eigenvalue weighted by atomic mass is 79.9. The average molecular weight is 492 g/mol. The summed E-state index contributed by atoms with van der Waals surface area (Å²) in [6.07, 6.45) is 0. The lowest BCUT2D eigenvalue weighted by Crippen LogP contribution is -2.33. The predicted octanol–water partition coefficient (Wildman–Crippen LogP) is 4.38. The second kappa shape index (κ2) is 8.92. The molecule has 2 aromatic heterocycles. The van der Waals surface area contributed by atoms with E-state index in [1.807, 2.05) is 62.4 Å². The van der Waals surface area contributed by atoms with Crippen LogP contribution < -0.4 is 10.6 Å². The van der Waals surface area contributed by atoms with Crippen LogP contribution >= 0.6 is 15.9 Å². The molecule has 0 radical (unpaired) electrons. The Morgan fingerprint density at radius 3 is 2.53 bits per heavy atom. The Hall–Kier alpha value is -3.52. The Labute approximate surface area is 194 Å². The molecule has 0 aliphatic heterocycles. The Balaban J connectivity index is 1.59. The maximum absolute atomic E-state index is 13.1. The summed E-state index contributed by atoms with van der Waals surface area (Å²) in [5.74, 6) is -0.659. The number of halogens is 1. The molecule has 2 heterocycles. The van der Waals surface area contributed by atoms with E-state index in [1.54, 1.807) is 17.8 Å². The van der Waals surface area contributed by atoms with Crippen molar-refractivity contribution < 1.29 is 9.59 Å². The normalized spacial score (nSPS) is 10.9. The lowest BCUT2D eigenvalue weighted by Gasteiger charge is -2.11. The molecule has 0 saturated heterocycles. The number of hydrogen-bond donors (Lipinski definition) is 2. The topological polar surface area (TPSA) is 88.9 Å². The number of aromatic nitrogens is 3. The molecule has 32 heavy (non-hydrogen) atoms. The molecule has 0 fully saturated rings. The Morgan fingerprint density at radius 1 is 1.06 bits per heavy atom. The van der Waals surface area contributed by atoms with Crippen LogP contribution in [-0.4, -0.2) is 33.1 Å². The van der Waals surface area contributed by atoms with Crippen molar-refractivity contribution in [3.63, 3.8) is 0 Å². The second-order valence-electron chi connectivity index (χ2n) is 7.52. The summed E-state index contributed by atoms with van der Waals surface area (Å²) in [7, 11) is 1.80. The Bertz CT molecular complexity index is 1330. The summed E-state index contributed by atoms with van der Waals surface area (Å²) in [4.78, 5) is 30.3. The molecule has 0 aliphatic rings. The number of benzene rings is 2. The van der Waals surface area contributed by atoms with Gasteiger partial charge in [0.2, 0.25) is 5.91 Å². The standard InChI is InChI=1S/C24H22BrN5O2/c1-14-11-17(25)9-10-19(14)27-21(31)13-26-24(32)18-12-20(16-7-5-4-6-8-16)28-23-22(18)15(2)29-30(23)3/h4-12H,13H2,1-3H3,(H,26,32)(H,27,31). The zero-order chi connectivity index (χ0) is 22.8. The SMILES string of the molecule is Cc1cc(Br)ccc1NC(=O)CNC(=O)c1cc(-c2ccccc2)nc2c1c(C)nn2C. The number of rotatable bonds is 5. The van der Waals surface area contributed by atoms with Gasteiger partial charge in [0.25, 0.3) is 5.91 Å². The molecule has 0 saturated carbocycles. The van der Waals surface area contributed by atoms with Crippen LogP contribution in [0.15, 0.2) is 59.1 Å². The van der Waals surface area contributed by atoms with Crippen LogP contribution in [0.1, 0.15) is 21.6 Å². The van der Waals surface area contributed by atoms with Gasteiger partial charge in [-0.05, 0) is 43.7 Å². The first-order valence-electron chi connectivity index (χ1n) is 10.1. The smallest absolute Gasteiger partial charge is 0.252 e. The van der Waals surface area contributed by atoms with Gasteiger partial charge in [-0.15, -0.1) is 0 Å². The number of anilines is 1. The molecule has 2 N–H and O–H groups in total. The second-order valence-corrected chi connectivity index (χ2v) is 8.43. The fourth-order valence-electron chi connectivity index (χ4n) is 3.60. The first kappa shape index (κ1) is 21.7. The van der Waals surface area contributed by atoms with Crippen LogP contribution in [0.3, 0.4) is 0 Å². The van der Waals surface area contributed by atoms with Gasteiger partial charge < -0.3 is 10.6 Å². The highest BCUT2D eigenvalue weighted by molar-refractivity contribution is 9.10. The summed E-state index contributed by atoms with van der Waals surface area (Å²) >= 11 is 3.41. The monoisotopic (exact) mass is 491 g/mol. The van der Waals surface area contributed by atoms with E-state index < -0.39 is 0 Å². The number of hydrogen-bond acceptors (Lipinski definition) is 4. The highest BCUT2D eigenvalue weighted by Crippen LogP contribution is 2.27. The number of fused-ring (bicyclic) bond motifs is 1. The first-order valence-corrected chi connectivity index (χ1v) is 10.9. The summed E-state index contributed by atoms with van der Waals surface area (Å²) < 4.78 is 2.60. The number of amides is 2. The molecule has 162 valence electrons. The van der Waals surface area contributed by atoms with Crippen LogP contribution in [0.2, 0.25) is 0 Å². The van der Waals surface area contributed by atoms with Gasteiger partial charge in [0.15, 0.2) is 5.65 Å². The van der Waals surface area contributed by atoms with E-state index in [0.29, 0.717) is 33.7 Å². The van der Waals surface area contributed by atoms with Crippen LogP contribution in [0.5, 0.6) is 0 Å². The van der Waals surface area contributed by atoms with E-state index in [9.17, 15) is 9.59 Å². The first-order chi connectivity index (χ1) is 15.3. The van der Waals surface area contributed by atoms with Crippen molar-refractivity contribution in [2.24, 2.45) is 7.05 Å². The summed E-state index contributed by atoms with van der Waals surface area (Å²) in [5.41, 5.74) is 4.94. The Morgan fingerprint density at radius 2 is 1.81 bits per heavy atom. The predicted molar refractivity (Wildman–Crippen MR) is 129 cm³/mol. The van der Waals surface area contributed by atoms with Crippen molar-refractivity contribution in [3.05, 3.63) is 75.9 Å². The summed E-state index contributed by atoms with van der Waals surface area (Å²) in [5, 5.41) is 10.7. The van der Waals surface area contributed by atoms with Gasteiger partial charge in [-0.1, -0.05) is 46.3 Å². The number of pyridine rings is 1. The number of carbonyl (C=O) groups is 2. The average Bonchev–Trinajstić information content (AvgIpc) is 3.07. The van der Waals surface area contributed by atoms with Gasteiger partial charge in [-0.25, -0.2) is 4.98 Å². The fourth-order valence-corrected chi connectivity index (χ4v) is 4.07. The van der Waals surface area contributed by atoms with Crippen molar-refractivity contribution in [2.75, 3.05) is 11.9 Å². The third-order valence-electron chi connectivity index (χ3n) is 5.15. The van der Waals surface area contributed by atoms with Gasteiger partial charge in [-0.3, -0.25) is 14.3 Å². The maximum Gasteiger partial charge on any atom is 0.252 e. The maximum atomic E-state index is 13.1. The van der Waals surface area contributed by atoms with Gasteiger partial charge >= 0.3 is 0 Å². The molecular weight excluding hydrogens is 470 g/mol. The molecule has 4 rings (SSSR count). The van der Waals surface area contributed by atoms with Crippen LogP contribution in [-0.2, 0) is 11.8 Å². The van der Waals surface area contributed by atoms with Crippen molar-refractivity contribution in [3.8, 4) is 11.3 Å². The summed E-state index contributed by atoms with van der Waals surface area (Å²) in [6.45, 7) is 3.59. The minimum atomic E-state index is -0.353. The molecule has 0 spiro atoms. The third-order valence-corrected chi connectivity index (χ3v) is 5.65. The number of carbonyl (C=O) groups excluding carboxylic acids is 2. The third kappa shape index (κ3) is 4.40. The largest absolute Gasteiger partial charge is 0.343 e. The van der Waals surface area contributed by atoms with Gasteiger partial charge in [0.1, 0.15) is 0 Å². The number of aryl methyl sites for hydroxylation is 3. The number of nitrogens with one attached hydrogen (secondary N) is 2. The van der Waals surface area contributed by atoms with Crippen LogP contribution in [0, 0.1) is 13.8 Å². The molecule has 4 aromatic rings. The van der Waals surface area contributed by atoms with E-state index in [4.69, 9.17) is 4.98 Å². The molecule has 0 aliphatic carbocycles. The van der Waals surface area contributed by atoms with Crippen molar-refractivity contribution in [1.82, 2.24) is 20.1 Å². The van der Waals surface area contributed by atoms with E-state index in [2.05, 4.69) is 31.7 Å². The van der Waals surface area contributed by atoms with E-state index in [1.165, 1.54) is 0 Å². The lowest BCUT2D eigenvalue weighted by molar-refractivity contribution is -0.115. The van der Waals surface area contributed by atoms with Crippen molar-refractivity contribution >= 4 is 44.5 Å². The molecule has 2 aromatic carbocycles. The molecule has 0 atom stereocenters. The van der Waals surface area contributed by atoms with E-state index >= 15 is 0 Å². The zero-order valence-corrected chi connectivity index (χ0v) is 19.5. The zero-order valence-electron chi connectivity index (χ0n) is 17.9. The molecule has 2 amide bonds. The molecule has 0 bridgehead atoms. The molecule has 7 nitrogen and oxygen atoms in total. The minimum Gasteiger partial charge on any atom is -0.343 e. The van der Waals surface area contributed by atoms with Gasteiger partial charge in [0.05, 0.1) is 28.9 Å². The van der Waals surface area contributed by atoms with Crippen LogP contribution in [0.4, 0.5) is 5.69 Å². The molecular formula is C24H22BrN5O2. The lowest BCUT2D eigenvalue weighted by atomic mass is 10.0. The minimum absolute atomic E-state index is 0.155. The van der Waals surface area contributed by atoms with Crippen LogP contribution in [0.25, 0.3) is 22.3 Å². The van der Waals surface area contributed by atoms with Gasteiger partial charge in [-0.2, -0.15) is 5.10 Å². The fraction of sp³-hybridized carbons (Fsp3) is 0.167. The van der Waals surface area contributed by atoms with Gasteiger partial charge in [0, 0.05) is 22.8 Å². The van der Waals surface area contributed by atoms with E-state index in [0.717, 1.165) is 15.6 Å².